The topological polar surface area (TPSA) is 53.6 Å². The predicted molar refractivity (Wildman–Crippen MR) is 111 cm³/mol. The number of carbonyl (C=O) groups is 1. The number of carbonyl (C=O) groups excluding carboxylic acids is 1. The number of piperidine rings is 1. The summed E-state index contributed by atoms with van der Waals surface area (Å²) >= 11 is 0. The molecule has 1 amide bonds. The largest absolute Gasteiger partial charge is 0.379 e. The molecule has 1 unspecified atom stereocenters. The van der Waals surface area contributed by atoms with Crippen LogP contribution in [-0.4, -0.2) is 62.3 Å². The van der Waals surface area contributed by atoms with Gasteiger partial charge in [0.1, 0.15) is 0 Å². The van der Waals surface area contributed by atoms with E-state index in [1.165, 1.54) is 38.5 Å². The third-order valence-electron chi connectivity index (χ3n) is 6.32. The Morgan fingerprint density at radius 1 is 1.04 bits per heavy atom. The van der Waals surface area contributed by atoms with Crippen LogP contribution >= 0.6 is 24.8 Å². The molecule has 3 aliphatic rings. The molecular formula is C19H37Cl2N3O2. The Kier molecular flexibility index (Phi) is 10.2. The molecule has 2 heterocycles. The maximum absolute atomic E-state index is 12.8. The smallest absolute Gasteiger partial charge is 0.240 e. The van der Waals surface area contributed by atoms with Crippen molar-refractivity contribution in [2.45, 2.75) is 63.8 Å². The van der Waals surface area contributed by atoms with E-state index in [1.54, 1.807) is 0 Å². The lowest BCUT2D eigenvalue weighted by molar-refractivity contribution is -0.128. The van der Waals surface area contributed by atoms with Gasteiger partial charge in [-0.25, -0.2) is 0 Å². The molecule has 2 saturated heterocycles. The second-order valence-electron chi connectivity index (χ2n) is 8.35. The van der Waals surface area contributed by atoms with Crippen molar-refractivity contribution in [3.8, 4) is 0 Å². The highest BCUT2D eigenvalue weighted by molar-refractivity contribution is 5.86. The molecule has 3 rings (SSSR count). The van der Waals surface area contributed by atoms with Gasteiger partial charge in [-0.3, -0.25) is 9.69 Å². The Balaban J connectivity index is 0.00000169. The van der Waals surface area contributed by atoms with Gasteiger partial charge in [0.25, 0.3) is 0 Å². The number of nitrogens with zero attached hydrogens (tertiary/aromatic N) is 1. The Labute approximate surface area is 171 Å². The maximum Gasteiger partial charge on any atom is 0.240 e. The number of rotatable bonds is 5. The number of ether oxygens (including phenoxy) is 1. The van der Waals surface area contributed by atoms with Crippen LogP contribution in [0.2, 0.25) is 0 Å². The number of nitrogens with one attached hydrogen (secondary N) is 2. The first kappa shape index (κ1) is 24.0. The van der Waals surface area contributed by atoms with Crippen molar-refractivity contribution in [2.24, 2.45) is 5.41 Å². The average Bonchev–Trinajstić information content (AvgIpc) is 2.62. The van der Waals surface area contributed by atoms with Crippen molar-refractivity contribution in [3.63, 3.8) is 0 Å². The zero-order chi connectivity index (χ0) is 16.9. The minimum atomic E-state index is -0.368. The summed E-state index contributed by atoms with van der Waals surface area (Å²) in [4.78, 5) is 15.3. The molecule has 0 radical (unpaired) electrons. The molecule has 7 heteroatoms. The van der Waals surface area contributed by atoms with E-state index in [1.807, 2.05) is 0 Å². The number of hydrogen-bond acceptors (Lipinski definition) is 4. The predicted octanol–water partition coefficient (Wildman–Crippen LogP) is 2.76. The van der Waals surface area contributed by atoms with Crippen LogP contribution in [0.3, 0.4) is 0 Å². The molecule has 1 atom stereocenters. The van der Waals surface area contributed by atoms with Gasteiger partial charge in [-0.05, 0) is 45.6 Å². The van der Waals surface area contributed by atoms with Gasteiger partial charge in [0.2, 0.25) is 5.91 Å². The van der Waals surface area contributed by atoms with Crippen LogP contribution in [0, 0.1) is 5.41 Å². The normalized spacial score (nSPS) is 29.1. The van der Waals surface area contributed by atoms with Gasteiger partial charge in [0.05, 0.1) is 18.8 Å². The van der Waals surface area contributed by atoms with E-state index in [4.69, 9.17) is 4.74 Å². The Bertz CT molecular complexity index is 419. The molecule has 0 aromatic rings. The molecule has 154 valence electrons. The molecule has 2 N–H and O–H groups in total. The van der Waals surface area contributed by atoms with E-state index in [0.717, 1.165) is 58.8 Å². The van der Waals surface area contributed by atoms with E-state index >= 15 is 0 Å². The monoisotopic (exact) mass is 409 g/mol. The molecule has 2 aliphatic heterocycles. The van der Waals surface area contributed by atoms with E-state index < -0.39 is 0 Å². The summed E-state index contributed by atoms with van der Waals surface area (Å²) in [6, 6.07) is 0. The summed E-state index contributed by atoms with van der Waals surface area (Å²) < 4.78 is 5.49. The van der Waals surface area contributed by atoms with Gasteiger partial charge in [-0.15, -0.1) is 24.8 Å². The Morgan fingerprint density at radius 2 is 1.69 bits per heavy atom. The summed E-state index contributed by atoms with van der Waals surface area (Å²) in [5, 5.41) is 6.77. The number of morpholine rings is 1. The van der Waals surface area contributed by atoms with E-state index in [9.17, 15) is 4.79 Å². The van der Waals surface area contributed by atoms with E-state index in [2.05, 4.69) is 22.5 Å². The summed E-state index contributed by atoms with van der Waals surface area (Å²) in [5.41, 5.74) is -0.108. The van der Waals surface area contributed by atoms with Gasteiger partial charge in [-0.2, -0.15) is 0 Å². The quantitative estimate of drug-likeness (QED) is 0.732. The van der Waals surface area contributed by atoms with Crippen molar-refractivity contribution in [3.05, 3.63) is 0 Å². The molecule has 26 heavy (non-hydrogen) atoms. The molecule has 3 fully saturated rings. The van der Waals surface area contributed by atoms with Crippen molar-refractivity contribution in [1.82, 2.24) is 15.5 Å². The fourth-order valence-electron chi connectivity index (χ4n) is 4.64. The third-order valence-corrected chi connectivity index (χ3v) is 6.32. The zero-order valence-corrected chi connectivity index (χ0v) is 17.8. The van der Waals surface area contributed by atoms with Gasteiger partial charge in [0, 0.05) is 31.6 Å². The SMILES string of the molecule is CC1(C(=O)NCC2(CN3CCOCC3)CCCCC2)CCCCN1.Cl.Cl. The van der Waals surface area contributed by atoms with Gasteiger partial charge >= 0.3 is 0 Å². The highest BCUT2D eigenvalue weighted by atomic mass is 35.5. The van der Waals surface area contributed by atoms with Crippen molar-refractivity contribution < 1.29 is 9.53 Å². The van der Waals surface area contributed by atoms with Crippen molar-refractivity contribution in [2.75, 3.05) is 45.9 Å². The van der Waals surface area contributed by atoms with Crippen molar-refractivity contribution >= 4 is 30.7 Å². The molecular weight excluding hydrogens is 373 g/mol. The van der Waals surface area contributed by atoms with Gasteiger partial charge in [0.15, 0.2) is 0 Å². The molecule has 1 aliphatic carbocycles. The fraction of sp³-hybridized carbons (Fsp3) is 0.947. The van der Waals surface area contributed by atoms with Crippen LogP contribution in [-0.2, 0) is 9.53 Å². The van der Waals surface area contributed by atoms with Gasteiger partial charge < -0.3 is 15.4 Å². The van der Waals surface area contributed by atoms with Crippen LogP contribution in [0.25, 0.3) is 0 Å². The van der Waals surface area contributed by atoms with E-state index in [0.29, 0.717) is 0 Å². The van der Waals surface area contributed by atoms with Crippen LogP contribution in [0.5, 0.6) is 0 Å². The van der Waals surface area contributed by atoms with Crippen LogP contribution in [0.1, 0.15) is 58.3 Å². The van der Waals surface area contributed by atoms with Gasteiger partial charge in [-0.1, -0.05) is 19.3 Å². The first-order valence-electron chi connectivity index (χ1n) is 9.96. The minimum absolute atomic E-state index is 0. The highest BCUT2D eigenvalue weighted by Crippen LogP contribution is 2.37. The first-order valence-corrected chi connectivity index (χ1v) is 9.96. The van der Waals surface area contributed by atoms with Crippen molar-refractivity contribution in [1.29, 1.82) is 0 Å². The fourth-order valence-corrected chi connectivity index (χ4v) is 4.64. The lowest BCUT2D eigenvalue weighted by Crippen LogP contribution is -2.59. The van der Waals surface area contributed by atoms with Crippen LogP contribution in [0.4, 0.5) is 0 Å². The number of hydrogen-bond donors (Lipinski definition) is 2. The second kappa shape index (κ2) is 11.1. The Morgan fingerprint density at radius 3 is 2.31 bits per heavy atom. The summed E-state index contributed by atoms with van der Waals surface area (Å²) in [6.45, 7) is 8.75. The molecule has 5 nitrogen and oxygen atoms in total. The molecule has 0 aromatic heterocycles. The zero-order valence-electron chi connectivity index (χ0n) is 16.2. The van der Waals surface area contributed by atoms with Crippen LogP contribution < -0.4 is 10.6 Å². The molecule has 1 saturated carbocycles. The highest BCUT2D eigenvalue weighted by Gasteiger charge is 2.38. The summed E-state index contributed by atoms with van der Waals surface area (Å²) in [7, 11) is 0. The molecule has 0 spiro atoms. The minimum Gasteiger partial charge on any atom is -0.379 e. The standard InChI is InChI=1S/C19H35N3O2.2ClH/c1-18(7-5-6-10-21-18)17(23)20-15-19(8-3-2-4-9-19)16-22-11-13-24-14-12-22;;/h21H,2-16H2,1H3,(H,20,23);2*1H. The second-order valence-corrected chi connectivity index (χ2v) is 8.35. The average molecular weight is 410 g/mol. The van der Waals surface area contributed by atoms with Crippen LogP contribution in [0.15, 0.2) is 0 Å². The third kappa shape index (κ3) is 6.23. The lowest BCUT2D eigenvalue weighted by atomic mass is 9.73. The summed E-state index contributed by atoms with van der Waals surface area (Å²) in [6.07, 6.45) is 9.72. The summed E-state index contributed by atoms with van der Waals surface area (Å²) in [5.74, 6) is 0.203. The van der Waals surface area contributed by atoms with E-state index in [-0.39, 0.29) is 41.7 Å². The number of amides is 1. The molecule has 0 bridgehead atoms. The maximum atomic E-state index is 12.8. The lowest BCUT2D eigenvalue weighted by Gasteiger charge is -2.43. The Hall–Kier alpha value is -0.0700. The first-order chi connectivity index (χ1) is 11.6. The number of halogens is 2. The molecule has 0 aromatic carbocycles.